The molecule has 2 N–H and O–H groups in total. The molecule has 1 aliphatic heterocycles. The molecule has 0 aromatic heterocycles. The van der Waals surface area contributed by atoms with Crippen LogP contribution < -0.4 is 10.9 Å². The highest BCUT2D eigenvalue weighted by Gasteiger charge is 2.13. The van der Waals surface area contributed by atoms with E-state index in [1.54, 1.807) is 36.5 Å². The van der Waals surface area contributed by atoms with Crippen LogP contribution in [0.5, 0.6) is 0 Å². The molecule has 0 fully saturated rings. The predicted molar refractivity (Wildman–Crippen MR) is 77.9 cm³/mol. The van der Waals surface area contributed by atoms with Crippen molar-refractivity contribution in [1.29, 1.82) is 0 Å². The third-order valence-corrected chi connectivity index (χ3v) is 2.98. The van der Waals surface area contributed by atoms with Crippen LogP contribution >= 0.6 is 23.2 Å². The van der Waals surface area contributed by atoms with Gasteiger partial charge in [-0.1, -0.05) is 23.2 Å². The molecule has 1 aromatic rings. The summed E-state index contributed by atoms with van der Waals surface area (Å²) in [5, 5.41) is 1.27. The Morgan fingerprint density at radius 1 is 1.26 bits per heavy atom. The van der Waals surface area contributed by atoms with Crippen molar-refractivity contribution < 1.29 is 4.79 Å². The second kappa shape index (κ2) is 5.99. The number of hydrogen-bond donors (Lipinski definition) is 2. The number of carbonyl (C=O) groups excluding carboxylic acids is 1. The Hall–Kier alpha value is -1.65. The highest BCUT2D eigenvalue weighted by molar-refractivity contribution is 6.30. The Balaban J connectivity index is 1.96. The van der Waals surface area contributed by atoms with Gasteiger partial charge in [-0.3, -0.25) is 15.6 Å². The van der Waals surface area contributed by atoms with E-state index in [1.807, 2.05) is 11.9 Å². The fraction of sp³-hybridized carbons (Fsp3) is 0.154. The first kappa shape index (κ1) is 13.8. The third kappa shape index (κ3) is 3.91. The Labute approximate surface area is 121 Å². The molecule has 19 heavy (non-hydrogen) atoms. The first-order chi connectivity index (χ1) is 9.04. The molecule has 0 bridgehead atoms. The number of hydrazine groups is 1. The van der Waals surface area contributed by atoms with Crippen LogP contribution in [-0.2, 0) is 4.79 Å². The Bertz CT molecular complexity index is 537. The van der Waals surface area contributed by atoms with Crippen LogP contribution in [0.2, 0.25) is 5.02 Å². The molecule has 6 heteroatoms. The van der Waals surface area contributed by atoms with E-state index in [0.717, 1.165) is 5.69 Å². The lowest BCUT2D eigenvalue weighted by atomic mass is 10.2. The molecule has 0 aliphatic carbocycles. The molecular formula is C13H13Cl2N3O. The van der Waals surface area contributed by atoms with Gasteiger partial charge in [0.25, 0.3) is 5.91 Å². The summed E-state index contributed by atoms with van der Waals surface area (Å²) in [6.45, 7) is 0.614. The quantitative estimate of drug-likeness (QED) is 0.843. The fourth-order valence-electron chi connectivity index (χ4n) is 1.63. The van der Waals surface area contributed by atoms with Gasteiger partial charge >= 0.3 is 0 Å². The van der Waals surface area contributed by atoms with E-state index in [9.17, 15) is 4.79 Å². The monoisotopic (exact) mass is 297 g/mol. The number of hydrogen-bond acceptors (Lipinski definition) is 3. The highest BCUT2D eigenvalue weighted by Crippen LogP contribution is 2.16. The van der Waals surface area contributed by atoms with Crippen molar-refractivity contribution in [3.63, 3.8) is 0 Å². The molecule has 0 spiro atoms. The number of halogens is 2. The summed E-state index contributed by atoms with van der Waals surface area (Å²) in [7, 11) is 1.86. The normalized spacial score (nSPS) is 14.6. The lowest BCUT2D eigenvalue weighted by Gasteiger charge is -2.20. The van der Waals surface area contributed by atoms with Crippen molar-refractivity contribution in [3.05, 3.63) is 52.2 Å². The summed E-state index contributed by atoms with van der Waals surface area (Å²) >= 11 is 11.7. The van der Waals surface area contributed by atoms with Gasteiger partial charge < -0.3 is 4.90 Å². The van der Waals surface area contributed by atoms with Crippen molar-refractivity contribution in [3.8, 4) is 0 Å². The van der Waals surface area contributed by atoms with Crippen molar-refractivity contribution in [2.45, 2.75) is 0 Å². The number of nitrogens with one attached hydrogen (secondary N) is 2. The van der Waals surface area contributed by atoms with E-state index in [2.05, 4.69) is 10.9 Å². The van der Waals surface area contributed by atoms with E-state index in [-0.39, 0.29) is 5.91 Å². The molecule has 1 aromatic carbocycles. The number of amides is 1. The SMILES string of the molecule is CN1C=C(C(=O)NNc2ccc(Cl)cc2)C=C(Cl)C1. The number of rotatable bonds is 3. The van der Waals surface area contributed by atoms with Gasteiger partial charge in [0, 0.05) is 23.3 Å². The zero-order valence-corrected chi connectivity index (χ0v) is 11.8. The summed E-state index contributed by atoms with van der Waals surface area (Å²) < 4.78 is 0. The van der Waals surface area contributed by atoms with Crippen LogP contribution in [0.25, 0.3) is 0 Å². The van der Waals surface area contributed by atoms with Gasteiger partial charge in [0.15, 0.2) is 0 Å². The number of benzene rings is 1. The smallest absolute Gasteiger partial charge is 0.271 e. The minimum absolute atomic E-state index is 0.250. The Morgan fingerprint density at radius 3 is 2.58 bits per heavy atom. The van der Waals surface area contributed by atoms with E-state index < -0.39 is 0 Å². The number of nitrogens with zero attached hydrogens (tertiary/aromatic N) is 1. The highest BCUT2D eigenvalue weighted by atomic mass is 35.5. The zero-order chi connectivity index (χ0) is 13.8. The number of anilines is 1. The van der Waals surface area contributed by atoms with Gasteiger partial charge in [0.2, 0.25) is 0 Å². The Morgan fingerprint density at radius 2 is 1.95 bits per heavy atom. The van der Waals surface area contributed by atoms with E-state index in [1.165, 1.54) is 0 Å². The summed E-state index contributed by atoms with van der Waals surface area (Å²) in [6.07, 6.45) is 3.39. The second-order valence-electron chi connectivity index (χ2n) is 4.18. The molecule has 1 aliphatic rings. The van der Waals surface area contributed by atoms with E-state index in [0.29, 0.717) is 22.2 Å². The van der Waals surface area contributed by atoms with Crippen molar-refractivity contribution in [1.82, 2.24) is 10.3 Å². The van der Waals surface area contributed by atoms with Gasteiger partial charge in [-0.2, -0.15) is 0 Å². The molecule has 100 valence electrons. The molecule has 0 saturated carbocycles. The maximum Gasteiger partial charge on any atom is 0.271 e. The molecule has 1 heterocycles. The Kier molecular flexibility index (Phi) is 4.35. The molecule has 2 rings (SSSR count). The van der Waals surface area contributed by atoms with Crippen LogP contribution in [0.3, 0.4) is 0 Å². The maximum atomic E-state index is 11.9. The number of carbonyl (C=O) groups is 1. The molecule has 0 saturated heterocycles. The van der Waals surface area contributed by atoms with Crippen molar-refractivity contribution in [2.24, 2.45) is 0 Å². The maximum absolute atomic E-state index is 11.9. The first-order valence-electron chi connectivity index (χ1n) is 5.64. The lowest BCUT2D eigenvalue weighted by Crippen LogP contribution is -2.32. The molecule has 4 nitrogen and oxygen atoms in total. The average Bonchev–Trinajstić information content (AvgIpc) is 2.36. The zero-order valence-electron chi connectivity index (χ0n) is 10.3. The van der Waals surface area contributed by atoms with Crippen LogP contribution in [0.4, 0.5) is 5.69 Å². The summed E-state index contributed by atoms with van der Waals surface area (Å²) in [4.78, 5) is 13.8. The third-order valence-electron chi connectivity index (χ3n) is 2.50. The van der Waals surface area contributed by atoms with Gasteiger partial charge in [-0.25, -0.2) is 0 Å². The van der Waals surface area contributed by atoms with Gasteiger partial charge in [-0.15, -0.1) is 0 Å². The van der Waals surface area contributed by atoms with Crippen LogP contribution in [0, 0.1) is 0 Å². The van der Waals surface area contributed by atoms with Crippen molar-refractivity contribution >= 4 is 34.8 Å². The predicted octanol–water partition coefficient (Wildman–Crippen LogP) is 2.74. The van der Waals surface area contributed by atoms with E-state index >= 15 is 0 Å². The molecule has 0 radical (unpaired) electrons. The van der Waals surface area contributed by atoms with E-state index in [4.69, 9.17) is 23.2 Å². The topological polar surface area (TPSA) is 44.4 Å². The fourth-order valence-corrected chi connectivity index (χ4v) is 2.06. The van der Waals surface area contributed by atoms with Crippen LogP contribution in [-0.4, -0.2) is 24.4 Å². The summed E-state index contributed by atoms with van der Waals surface area (Å²) in [5.41, 5.74) is 6.66. The standard InChI is InChI=1S/C13H13Cl2N3O/c1-18-7-9(6-11(15)8-18)13(19)17-16-12-4-2-10(14)3-5-12/h2-7,16H,8H2,1H3,(H,17,19). The van der Waals surface area contributed by atoms with Crippen molar-refractivity contribution in [2.75, 3.05) is 19.0 Å². The lowest BCUT2D eigenvalue weighted by molar-refractivity contribution is -0.116. The largest absolute Gasteiger partial charge is 0.375 e. The molecule has 0 atom stereocenters. The average molecular weight is 298 g/mol. The number of likely N-dealkylation sites (N-methyl/N-ethyl adjacent to an activating group) is 1. The summed E-state index contributed by atoms with van der Waals surface area (Å²) in [5.74, 6) is -0.250. The first-order valence-corrected chi connectivity index (χ1v) is 6.40. The minimum atomic E-state index is -0.250. The van der Waals surface area contributed by atoms with Gasteiger partial charge in [0.05, 0.1) is 17.8 Å². The summed E-state index contributed by atoms with van der Waals surface area (Å²) in [6, 6.07) is 7.01. The van der Waals surface area contributed by atoms with Crippen LogP contribution in [0.15, 0.2) is 47.1 Å². The molecule has 1 amide bonds. The van der Waals surface area contributed by atoms with Gasteiger partial charge in [-0.05, 0) is 30.3 Å². The van der Waals surface area contributed by atoms with Gasteiger partial charge in [0.1, 0.15) is 0 Å². The van der Waals surface area contributed by atoms with Crippen LogP contribution in [0.1, 0.15) is 0 Å². The second-order valence-corrected chi connectivity index (χ2v) is 5.10. The minimum Gasteiger partial charge on any atom is -0.375 e. The molecule has 0 unspecified atom stereocenters. The molecular weight excluding hydrogens is 285 g/mol.